The third-order valence-electron chi connectivity index (χ3n) is 3.49. The van der Waals surface area contributed by atoms with Gasteiger partial charge in [0.05, 0.1) is 6.61 Å². The van der Waals surface area contributed by atoms with E-state index in [1.54, 1.807) is 0 Å². The maximum absolute atomic E-state index is 5.91. The minimum Gasteiger partial charge on any atom is -0.493 e. The average molecular weight is 263 g/mol. The Balaban J connectivity index is 1.90. The Hall–Kier alpha value is -1.42. The van der Waals surface area contributed by atoms with Crippen LogP contribution in [0.15, 0.2) is 18.2 Å². The van der Waals surface area contributed by atoms with E-state index in [9.17, 15) is 0 Å². The first-order valence-corrected chi connectivity index (χ1v) is 7.13. The molecule has 0 amide bonds. The predicted molar refractivity (Wildman–Crippen MR) is 80.7 cm³/mol. The van der Waals surface area contributed by atoms with E-state index in [1.807, 2.05) is 18.2 Å². The lowest BCUT2D eigenvalue weighted by Crippen LogP contribution is -2.19. The van der Waals surface area contributed by atoms with Crippen LogP contribution in [0.25, 0.3) is 0 Å². The van der Waals surface area contributed by atoms with Crippen molar-refractivity contribution in [1.82, 2.24) is 4.90 Å². The quantitative estimate of drug-likeness (QED) is 0.774. The Kier molecular flexibility index (Phi) is 4.91. The number of nitrogen functional groups attached to an aromatic ring is 1. The molecule has 1 aromatic rings. The lowest BCUT2D eigenvalue weighted by Gasteiger charge is -2.14. The molecule has 106 valence electrons. The van der Waals surface area contributed by atoms with Gasteiger partial charge in [-0.1, -0.05) is 6.92 Å². The number of nitrogens with zero attached hydrogens (tertiary/aromatic N) is 1. The Morgan fingerprint density at radius 1 is 1.42 bits per heavy atom. The number of hydrogen-bond donors (Lipinski definition) is 2. The van der Waals surface area contributed by atoms with Crippen molar-refractivity contribution in [3.63, 3.8) is 0 Å². The molecule has 19 heavy (non-hydrogen) atoms. The first-order chi connectivity index (χ1) is 9.17. The van der Waals surface area contributed by atoms with Gasteiger partial charge in [0.1, 0.15) is 5.75 Å². The summed E-state index contributed by atoms with van der Waals surface area (Å²) >= 11 is 0. The van der Waals surface area contributed by atoms with Gasteiger partial charge in [0, 0.05) is 36.6 Å². The molecule has 2 rings (SSSR count). The second-order valence-electron chi connectivity index (χ2n) is 5.44. The van der Waals surface area contributed by atoms with Crippen LogP contribution in [0.1, 0.15) is 19.8 Å². The number of nitrogens with two attached hydrogens (primary N) is 1. The third kappa shape index (κ3) is 4.31. The van der Waals surface area contributed by atoms with Crippen LogP contribution in [0.5, 0.6) is 5.75 Å². The lowest BCUT2D eigenvalue weighted by molar-refractivity contribution is 0.318. The maximum atomic E-state index is 5.91. The second kappa shape index (κ2) is 6.66. The highest BCUT2D eigenvalue weighted by atomic mass is 16.5. The van der Waals surface area contributed by atoms with Crippen LogP contribution < -0.4 is 15.8 Å². The monoisotopic (exact) mass is 263 g/mol. The standard InChI is InChI=1S/C15H25N3O/c1-3-6-19-15-8-13(16)7-14(9-15)17-10-12-4-5-18(2)11-12/h7-9,12,17H,3-6,10-11,16H2,1-2H3. The van der Waals surface area contributed by atoms with Crippen LogP contribution in [0.4, 0.5) is 11.4 Å². The van der Waals surface area contributed by atoms with Crippen molar-refractivity contribution in [2.24, 2.45) is 5.92 Å². The van der Waals surface area contributed by atoms with E-state index in [1.165, 1.54) is 19.5 Å². The molecule has 0 radical (unpaired) electrons. The van der Waals surface area contributed by atoms with E-state index in [4.69, 9.17) is 10.5 Å². The summed E-state index contributed by atoms with van der Waals surface area (Å²) in [5.41, 5.74) is 7.71. The zero-order chi connectivity index (χ0) is 13.7. The number of ether oxygens (including phenoxy) is 1. The zero-order valence-corrected chi connectivity index (χ0v) is 12.0. The van der Waals surface area contributed by atoms with Gasteiger partial charge in [0.25, 0.3) is 0 Å². The van der Waals surface area contributed by atoms with Crippen molar-refractivity contribution in [2.45, 2.75) is 19.8 Å². The van der Waals surface area contributed by atoms with Crippen LogP contribution in [0.3, 0.4) is 0 Å². The van der Waals surface area contributed by atoms with Crippen LogP contribution in [0, 0.1) is 5.92 Å². The van der Waals surface area contributed by atoms with Crippen LogP contribution >= 0.6 is 0 Å². The SMILES string of the molecule is CCCOc1cc(N)cc(NCC2CCN(C)C2)c1. The van der Waals surface area contributed by atoms with Gasteiger partial charge in [-0.3, -0.25) is 0 Å². The van der Waals surface area contributed by atoms with E-state index in [0.29, 0.717) is 0 Å². The normalized spacial score (nSPS) is 19.6. The molecule has 0 spiro atoms. The van der Waals surface area contributed by atoms with Crippen molar-refractivity contribution < 1.29 is 4.74 Å². The summed E-state index contributed by atoms with van der Waals surface area (Å²) < 4.78 is 5.64. The number of rotatable bonds is 6. The number of hydrogen-bond acceptors (Lipinski definition) is 4. The van der Waals surface area contributed by atoms with E-state index < -0.39 is 0 Å². The first-order valence-electron chi connectivity index (χ1n) is 7.13. The molecule has 4 heteroatoms. The second-order valence-corrected chi connectivity index (χ2v) is 5.44. The Labute approximate surface area is 115 Å². The third-order valence-corrected chi connectivity index (χ3v) is 3.49. The number of benzene rings is 1. The van der Waals surface area contributed by atoms with Crippen LogP contribution in [-0.4, -0.2) is 38.2 Å². The molecule has 1 fully saturated rings. The summed E-state index contributed by atoms with van der Waals surface area (Å²) in [6, 6.07) is 5.88. The Bertz CT molecular complexity index is 408. The molecular formula is C15H25N3O. The average Bonchev–Trinajstić information content (AvgIpc) is 2.79. The summed E-state index contributed by atoms with van der Waals surface area (Å²) in [6.45, 7) is 6.21. The highest BCUT2D eigenvalue weighted by molar-refractivity contribution is 5.59. The van der Waals surface area contributed by atoms with E-state index in [-0.39, 0.29) is 0 Å². The van der Waals surface area contributed by atoms with Crippen LogP contribution in [-0.2, 0) is 0 Å². The number of likely N-dealkylation sites (tertiary alicyclic amines) is 1. The lowest BCUT2D eigenvalue weighted by atomic mass is 10.1. The Morgan fingerprint density at radius 2 is 2.26 bits per heavy atom. The fraction of sp³-hybridized carbons (Fsp3) is 0.600. The molecule has 1 aliphatic rings. The first kappa shape index (κ1) is 14.0. The highest BCUT2D eigenvalue weighted by Crippen LogP contribution is 2.24. The molecule has 0 bridgehead atoms. The molecule has 1 atom stereocenters. The van der Waals surface area contributed by atoms with Gasteiger partial charge in [0.2, 0.25) is 0 Å². The van der Waals surface area contributed by atoms with Gasteiger partial charge in [-0.05, 0) is 38.4 Å². The van der Waals surface area contributed by atoms with Crippen molar-refractivity contribution in [3.8, 4) is 5.75 Å². The van der Waals surface area contributed by atoms with Gasteiger partial charge in [-0.2, -0.15) is 0 Å². The van der Waals surface area contributed by atoms with Crippen LogP contribution in [0.2, 0.25) is 0 Å². The molecule has 0 saturated carbocycles. The molecular weight excluding hydrogens is 238 g/mol. The molecule has 1 aromatic carbocycles. The van der Waals surface area contributed by atoms with Crippen molar-refractivity contribution in [3.05, 3.63) is 18.2 Å². The molecule has 4 nitrogen and oxygen atoms in total. The van der Waals surface area contributed by atoms with Gasteiger partial charge in [-0.15, -0.1) is 0 Å². The van der Waals surface area contributed by atoms with Gasteiger partial charge < -0.3 is 20.7 Å². The molecule has 0 aliphatic carbocycles. The molecule has 3 N–H and O–H groups in total. The molecule has 1 saturated heterocycles. The summed E-state index contributed by atoms with van der Waals surface area (Å²) in [5.74, 6) is 1.58. The predicted octanol–water partition coefficient (Wildman–Crippen LogP) is 2.42. The Morgan fingerprint density at radius 3 is 2.95 bits per heavy atom. The molecule has 0 aromatic heterocycles. The largest absolute Gasteiger partial charge is 0.493 e. The minimum absolute atomic E-state index is 0.728. The zero-order valence-electron chi connectivity index (χ0n) is 12.0. The minimum atomic E-state index is 0.728. The summed E-state index contributed by atoms with van der Waals surface area (Å²) in [7, 11) is 2.18. The highest BCUT2D eigenvalue weighted by Gasteiger charge is 2.18. The van der Waals surface area contributed by atoms with Crippen molar-refractivity contribution in [2.75, 3.05) is 44.3 Å². The summed E-state index contributed by atoms with van der Waals surface area (Å²) in [6.07, 6.45) is 2.27. The fourth-order valence-corrected chi connectivity index (χ4v) is 2.48. The van der Waals surface area contributed by atoms with Gasteiger partial charge in [-0.25, -0.2) is 0 Å². The van der Waals surface area contributed by atoms with E-state index in [2.05, 4.69) is 24.2 Å². The summed E-state index contributed by atoms with van der Waals surface area (Å²) in [5, 5.41) is 3.48. The topological polar surface area (TPSA) is 50.5 Å². The van der Waals surface area contributed by atoms with E-state index >= 15 is 0 Å². The van der Waals surface area contributed by atoms with Crippen molar-refractivity contribution in [1.29, 1.82) is 0 Å². The summed E-state index contributed by atoms with van der Waals surface area (Å²) in [4.78, 5) is 2.38. The van der Waals surface area contributed by atoms with Crippen molar-refractivity contribution >= 4 is 11.4 Å². The fourth-order valence-electron chi connectivity index (χ4n) is 2.48. The maximum Gasteiger partial charge on any atom is 0.123 e. The molecule has 1 aliphatic heterocycles. The smallest absolute Gasteiger partial charge is 0.123 e. The van der Waals surface area contributed by atoms with E-state index in [0.717, 1.165) is 42.6 Å². The number of nitrogens with one attached hydrogen (secondary N) is 1. The number of anilines is 2. The van der Waals surface area contributed by atoms with Gasteiger partial charge >= 0.3 is 0 Å². The molecule has 1 heterocycles. The molecule has 1 unspecified atom stereocenters. The van der Waals surface area contributed by atoms with Gasteiger partial charge in [0.15, 0.2) is 0 Å².